The summed E-state index contributed by atoms with van der Waals surface area (Å²) in [5.74, 6) is -0.375. The van der Waals surface area contributed by atoms with E-state index in [1.807, 2.05) is 13.8 Å². The fraction of sp³-hybridized carbons (Fsp3) is 0.600. The van der Waals surface area contributed by atoms with E-state index in [-0.39, 0.29) is 12.0 Å². The molecule has 2 N–H and O–H groups in total. The van der Waals surface area contributed by atoms with Crippen molar-refractivity contribution >= 4 is 17.3 Å². The van der Waals surface area contributed by atoms with Crippen LogP contribution in [-0.2, 0) is 11.2 Å². The number of hydrogen-bond donors (Lipinski definition) is 1. The van der Waals surface area contributed by atoms with Gasteiger partial charge in [0.2, 0.25) is 0 Å². The Labute approximate surface area is 93.5 Å². The van der Waals surface area contributed by atoms with Crippen molar-refractivity contribution in [2.45, 2.75) is 32.7 Å². The van der Waals surface area contributed by atoms with E-state index in [0.29, 0.717) is 5.69 Å². The molecule has 0 saturated heterocycles. The molecule has 0 aliphatic carbocycles. The van der Waals surface area contributed by atoms with E-state index in [2.05, 4.69) is 9.72 Å². The zero-order chi connectivity index (χ0) is 11.4. The highest BCUT2D eigenvalue weighted by molar-refractivity contribution is 7.11. The average molecular weight is 228 g/mol. The normalized spacial score (nSPS) is 12.5. The summed E-state index contributed by atoms with van der Waals surface area (Å²) < 4.78 is 4.64. The molecule has 0 saturated carbocycles. The number of rotatable bonds is 4. The minimum absolute atomic E-state index is 0.112. The highest BCUT2D eigenvalue weighted by Gasteiger charge is 2.16. The molecule has 4 nitrogen and oxygen atoms in total. The first-order valence-electron chi connectivity index (χ1n) is 4.88. The first-order chi connectivity index (χ1) is 7.08. The lowest BCUT2D eigenvalue weighted by atomic mass is 10.2. The van der Waals surface area contributed by atoms with Crippen molar-refractivity contribution in [2.75, 3.05) is 7.11 Å². The highest BCUT2D eigenvalue weighted by Crippen LogP contribution is 2.19. The number of ether oxygens (including phenoxy) is 1. The number of methoxy groups -OCH3 is 1. The molecule has 0 bridgehead atoms. The molecule has 0 aliphatic rings. The van der Waals surface area contributed by atoms with Crippen molar-refractivity contribution in [3.05, 3.63) is 15.6 Å². The molecule has 5 heteroatoms. The lowest BCUT2D eigenvalue weighted by Crippen LogP contribution is -2.21. The van der Waals surface area contributed by atoms with E-state index in [0.717, 1.165) is 22.7 Å². The van der Waals surface area contributed by atoms with Gasteiger partial charge in [-0.15, -0.1) is 11.3 Å². The molecule has 1 aromatic heterocycles. The van der Waals surface area contributed by atoms with Gasteiger partial charge in [-0.2, -0.15) is 0 Å². The van der Waals surface area contributed by atoms with Crippen LogP contribution in [0.4, 0.5) is 0 Å². The number of nitrogens with two attached hydrogens (primary N) is 1. The van der Waals surface area contributed by atoms with Crippen LogP contribution in [0.1, 0.15) is 33.7 Å². The first kappa shape index (κ1) is 12.1. The quantitative estimate of drug-likeness (QED) is 0.793. The van der Waals surface area contributed by atoms with Crippen LogP contribution in [-0.4, -0.2) is 24.1 Å². The predicted octanol–water partition coefficient (Wildman–Crippen LogP) is 1.52. The molecule has 1 atom stereocenters. The fourth-order valence-corrected chi connectivity index (χ4v) is 2.21. The number of aromatic nitrogens is 1. The summed E-state index contributed by atoms with van der Waals surface area (Å²) in [6.07, 6.45) is 1.63. The number of hydrogen-bond acceptors (Lipinski definition) is 5. The van der Waals surface area contributed by atoms with Gasteiger partial charge in [0.15, 0.2) is 5.69 Å². The summed E-state index contributed by atoms with van der Waals surface area (Å²) in [6, 6.07) is 0.112. The zero-order valence-corrected chi connectivity index (χ0v) is 10.1. The zero-order valence-electron chi connectivity index (χ0n) is 9.24. The van der Waals surface area contributed by atoms with Crippen molar-refractivity contribution < 1.29 is 9.53 Å². The minimum atomic E-state index is -0.375. The van der Waals surface area contributed by atoms with E-state index >= 15 is 0 Å². The van der Waals surface area contributed by atoms with Crippen LogP contribution >= 0.6 is 11.3 Å². The van der Waals surface area contributed by atoms with Crippen LogP contribution in [0.5, 0.6) is 0 Å². The van der Waals surface area contributed by atoms with E-state index in [4.69, 9.17) is 5.73 Å². The lowest BCUT2D eigenvalue weighted by Gasteiger charge is -2.04. The smallest absolute Gasteiger partial charge is 0.357 e. The first-order valence-corrected chi connectivity index (χ1v) is 5.70. The number of thiazole rings is 1. The maximum atomic E-state index is 11.3. The molecule has 84 valence electrons. The summed E-state index contributed by atoms with van der Waals surface area (Å²) in [4.78, 5) is 16.4. The van der Waals surface area contributed by atoms with Gasteiger partial charge >= 0.3 is 5.97 Å². The maximum absolute atomic E-state index is 11.3. The van der Waals surface area contributed by atoms with Gasteiger partial charge in [-0.05, 0) is 13.3 Å². The molecule has 0 radical (unpaired) electrons. The molecule has 0 spiro atoms. The molecule has 1 aromatic rings. The number of carbonyl (C=O) groups is 1. The summed E-state index contributed by atoms with van der Waals surface area (Å²) >= 11 is 1.51. The number of carbonyl (C=O) groups excluding carboxylic acids is 1. The van der Waals surface area contributed by atoms with E-state index in [9.17, 15) is 4.79 Å². The Balaban J connectivity index is 2.81. The molecule has 1 heterocycles. The third kappa shape index (κ3) is 3.00. The number of esters is 1. The van der Waals surface area contributed by atoms with Gasteiger partial charge < -0.3 is 10.5 Å². The lowest BCUT2D eigenvalue weighted by molar-refractivity contribution is 0.0594. The largest absolute Gasteiger partial charge is 0.464 e. The fourth-order valence-electron chi connectivity index (χ4n) is 1.19. The highest BCUT2D eigenvalue weighted by atomic mass is 32.1. The summed E-state index contributed by atoms with van der Waals surface area (Å²) in [7, 11) is 1.36. The maximum Gasteiger partial charge on any atom is 0.357 e. The second-order valence-electron chi connectivity index (χ2n) is 3.38. The summed E-state index contributed by atoms with van der Waals surface area (Å²) in [5.41, 5.74) is 6.24. The predicted molar refractivity (Wildman–Crippen MR) is 60.2 cm³/mol. The summed E-state index contributed by atoms with van der Waals surface area (Å²) in [6.45, 7) is 3.90. The van der Waals surface area contributed by atoms with Crippen molar-refractivity contribution in [3.63, 3.8) is 0 Å². The van der Waals surface area contributed by atoms with Gasteiger partial charge in [0, 0.05) is 17.3 Å². The van der Waals surface area contributed by atoms with Crippen molar-refractivity contribution in [1.29, 1.82) is 0 Å². The molecular weight excluding hydrogens is 212 g/mol. The van der Waals surface area contributed by atoms with Crippen LogP contribution in [0.3, 0.4) is 0 Å². The molecule has 0 amide bonds. The second kappa shape index (κ2) is 5.23. The van der Waals surface area contributed by atoms with Crippen molar-refractivity contribution in [1.82, 2.24) is 4.98 Å². The molecular formula is C10H16N2O2S. The van der Waals surface area contributed by atoms with Gasteiger partial charge in [-0.3, -0.25) is 0 Å². The van der Waals surface area contributed by atoms with E-state index < -0.39 is 0 Å². The van der Waals surface area contributed by atoms with Gasteiger partial charge in [-0.25, -0.2) is 9.78 Å². The monoisotopic (exact) mass is 228 g/mol. The van der Waals surface area contributed by atoms with Gasteiger partial charge in [0.05, 0.1) is 12.1 Å². The van der Waals surface area contributed by atoms with Crippen molar-refractivity contribution in [2.24, 2.45) is 5.73 Å². The van der Waals surface area contributed by atoms with Crippen LogP contribution < -0.4 is 5.73 Å². The SMILES string of the molecule is CCC(N)Cc1nc(C(=O)OC)c(C)s1. The summed E-state index contributed by atoms with van der Waals surface area (Å²) in [5, 5.41) is 0.905. The van der Waals surface area contributed by atoms with Crippen LogP contribution in [0.15, 0.2) is 0 Å². The van der Waals surface area contributed by atoms with E-state index in [1.165, 1.54) is 18.4 Å². The Morgan fingerprint density at radius 2 is 2.33 bits per heavy atom. The van der Waals surface area contributed by atoms with Crippen molar-refractivity contribution in [3.8, 4) is 0 Å². The topological polar surface area (TPSA) is 65.2 Å². The molecule has 0 aliphatic heterocycles. The molecule has 0 aromatic carbocycles. The Bertz CT molecular complexity index is 349. The van der Waals surface area contributed by atoms with Crippen LogP contribution in [0.2, 0.25) is 0 Å². The molecule has 1 rings (SSSR count). The standard InChI is InChI=1S/C10H16N2O2S/c1-4-7(11)5-8-12-9(6(2)15-8)10(13)14-3/h7H,4-5,11H2,1-3H3. The molecule has 0 fully saturated rings. The van der Waals surface area contributed by atoms with Gasteiger partial charge in [0.25, 0.3) is 0 Å². The van der Waals surface area contributed by atoms with Crippen LogP contribution in [0.25, 0.3) is 0 Å². The van der Waals surface area contributed by atoms with Crippen LogP contribution in [0, 0.1) is 6.92 Å². The average Bonchev–Trinajstić information content (AvgIpc) is 2.58. The number of aryl methyl sites for hydroxylation is 1. The third-order valence-electron chi connectivity index (χ3n) is 2.18. The Morgan fingerprint density at radius 1 is 1.67 bits per heavy atom. The Hall–Kier alpha value is -0.940. The van der Waals surface area contributed by atoms with E-state index in [1.54, 1.807) is 0 Å². The third-order valence-corrected chi connectivity index (χ3v) is 3.17. The minimum Gasteiger partial charge on any atom is -0.464 e. The second-order valence-corrected chi connectivity index (χ2v) is 4.66. The number of nitrogens with zero attached hydrogens (tertiary/aromatic N) is 1. The molecule has 1 unspecified atom stereocenters. The molecule has 15 heavy (non-hydrogen) atoms. The van der Waals surface area contributed by atoms with Gasteiger partial charge in [0.1, 0.15) is 0 Å². The van der Waals surface area contributed by atoms with Gasteiger partial charge in [-0.1, -0.05) is 6.92 Å². The Kier molecular flexibility index (Phi) is 4.23. The Morgan fingerprint density at radius 3 is 2.87 bits per heavy atom.